The van der Waals surface area contributed by atoms with Crippen molar-refractivity contribution in [1.82, 2.24) is 9.62 Å². The molecule has 3 N–H and O–H groups in total. The van der Waals surface area contributed by atoms with Crippen molar-refractivity contribution in [3.8, 4) is 0 Å². The van der Waals surface area contributed by atoms with E-state index in [2.05, 4.69) is 9.62 Å². The summed E-state index contributed by atoms with van der Waals surface area (Å²) in [6.07, 6.45) is -0.150. The van der Waals surface area contributed by atoms with Gasteiger partial charge in [-0.15, -0.1) is 0 Å². The molecule has 21 heavy (non-hydrogen) atoms. The van der Waals surface area contributed by atoms with Crippen LogP contribution in [0.2, 0.25) is 5.02 Å². The molecule has 1 aliphatic heterocycles. The Morgan fingerprint density at radius 3 is 2.90 bits per heavy atom. The van der Waals surface area contributed by atoms with Crippen LogP contribution in [0.4, 0.5) is 5.69 Å². The lowest BCUT2D eigenvalue weighted by atomic mass is 10.2. The lowest BCUT2D eigenvalue weighted by Gasteiger charge is -2.30. The summed E-state index contributed by atoms with van der Waals surface area (Å²) in [5.41, 5.74) is 6.49. The van der Waals surface area contributed by atoms with E-state index in [1.807, 2.05) is 7.05 Å². The molecule has 8 heteroatoms. The smallest absolute Gasteiger partial charge is 0.240 e. The van der Waals surface area contributed by atoms with E-state index in [1.165, 1.54) is 6.07 Å². The number of nitrogen functional groups attached to an aromatic ring is 1. The number of ether oxygens (including phenoxy) is 1. The summed E-state index contributed by atoms with van der Waals surface area (Å²) in [4.78, 5) is 2.25. The van der Waals surface area contributed by atoms with Gasteiger partial charge in [0, 0.05) is 19.6 Å². The SMILES string of the molecule is Cc1cc(Cl)c(N)cc1S(=O)(=O)NCC1CN(C)CCO1. The first-order chi connectivity index (χ1) is 9.79. The molecular formula is C13H20ClN3O3S. The maximum absolute atomic E-state index is 12.4. The monoisotopic (exact) mass is 333 g/mol. The van der Waals surface area contributed by atoms with Gasteiger partial charge < -0.3 is 15.4 Å². The van der Waals surface area contributed by atoms with Gasteiger partial charge in [-0.25, -0.2) is 13.1 Å². The fourth-order valence-electron chi connectivity index (χ4n) is 2.23. The minimum Gasteiger partial charge on any atom is -0.397 e. The molecule has 0 radical (unpaired) electrons. The average molecular weight is 334 g/mol. The Morgan fingerprint density at radius 2 is 2.24 bits per heavy atom. The Hall–Kier alpha value is -0.860. The summed E-state index contributed by atoms with van der Waals surface area (Å²) in [6.45, 7) is 4.08. The number of sulfonamides is 1. The van der Waals surface area contributed by atoms with Crippen molar-refractivity contribution in [1.29, 1.82) is 0 Å². The molecule has 0 aliphatic carbocycles. The van der Waals surface area contributed by atoms with E-state index in [4.69, 9.17) is 22.1 Å². The molecule has 118 valence electrons. The van der Waals surface area contributed by atoms with Crippen molar-refractivity contribution in [2.45, 2.75) is 17.9 Å². The molecule has 2 rings (SSSR count). The van der Waals surface area contributed by atoms with Gasteiger partial charge in [-0.3, -0.25) is 0 Å². The predicted octanol–water partition coefficient (Wildman–Crippen LogP) is 0.840. The van der Waals surface area contributed by atoms with Crippen molar-refractivity contribution < 1.29 is 13.2 Å². The second-order valence-corrected chi connectivity index (χ2v) is 7.39. The summed E-state index contributed by atoms with van der Waals surface area (Å²) in [7, 11) is -1.65. The number of halogens is 1. The summed E-state index contributed by atoms with van der Waals surface area (Å²) < 4.78 is 32.8. The molecule has 6 nitrogen and oxygen atoms in total. The first-order valence-corrected chi connectivity index (χ1v) is 8.51. The highest BCUT2D eigenvalue weighted by molar-refractivity contribution is 7.89. The van der Waals surface area contributed by atoms with Crippen molar-refractivity contribution >= 4 is 27.3 Å². The van der Waals surface area contributed by atoms with E-state index in [0.717, 1.165) is 6.54 Å². The number of aryl methyl sites for hydroxylation is 1. The number of morpholine rings is 1. The van der Waals surface area contributed by atoms with Crippen molar-refractivity contribution in [3.63, 3.8) is 0 Å². The number of hydrogen-bond acceptors (Lipinski definition) is 5. The third-order valence-corrected chi connectivity index (χ3v) is 5.32. The van der Waals surface area contributed by atoms with Crippen molar-refractivity contribution in [3.05, 3.63) is 22.7 Å². The van der Waals surface area contributed by atoms with Gasteiger partial charge in [0.2, 0.25) is 10.0 Å². The number of nitrogens with one attached hydrogen (secondary N) is 1. The molecular weight excluding hydrogens is 314 g/mol. The number of nitrogens with zero attached hydrogens (tertiary/aromatic N) is 1. The van der Waals surface area contributed by atoms with Crippen LogP contribution in [0.1, 0.15) is 5.56 Å². The maximum atomic E-state index is 12.4. The fraction of sp³-hybridized carbons (Fsp3) is 0.538. The first-order valence-electron chi connectivity index (χ1n) is 6.65. The third-order valence-electron chi connectivity index (χ3n) is 3.43. The normalized spacial score (nSPS) is 20.6. The summed E-state index contributed by atoms with van der Waals surface area (Å²) in [6, 6.07) is 2.93. The number of likely N-dealkylation sites (N-methyl/N-ethyl adjacent to an activating group) is 1. The zero-order valence-electron chi connectivity index (χ0n) is 12.1. The molecule has 1 aromatic carbocycles. The van der Waals surface area contributed by atoms with Gasteiger partial charge >= 0.3 is 0 Å². The topological polar surface area (TPSA) is 84.7 Å². The zero-order chi connectivity index (χ0) is 15.6. The van der Waals surface area contributed by atoms with Gasteiger partial charge in [0.15, 0.2) is 0 Å². The molecule has 1 saturated heterocycles. The van der Waals surface area contributed by atoms with Crippen LogP contribution in [0, 0.1) is 6.92 Å². The summed E-state index contributed by atoms with van der Waals surface area (Å²) >= 11 is 5.89. The quantitative estimate of drug-likeness (QED) is 0.798. The molecule has 1 unspecified atom stereocenters. The van der Waals surface area contributed by atoms with Crippen LogP contribution < -0.4 is 10.5 Å². The summed E-state index contributed by atoms with van der Waals surface area (Å²) in [5, 5.41) is 0.351. The molecule has 1 atom stereocenters. The van der Waals surface area contributed by atoms with E-state index >= 15 is 0 Å². The Bertz CT molecular complexity index is 621. The number of nitrogens with two attached hydrogens (primary N) is 1. The molecule has 0 bridgehead atoms. The van der Waals surface area contributed by atoms with E-state index in [1.54, 1.807) is 13.0 Å². The lowest BCUT2D eigenvalue weighted by molar-refractivity contribution is -0.0156. The molecule has 0 amide bonds. The van der Waals surface area contributed by atoms with E-state index in [-0.39, 0.29) is 23.2 Å². The standard InChI is InChI=1S/C13H20ClN3O3S/c1-9-5-11(14)12(15)6-13(9)21(18,19)16-7-10-8-17(2)3-4-20-10/h5-6,10,16H,3-4,7-8,15H2,1-2H3. The van der Waals surface area contributed by atoms with Gasteiger partial charge in [-0.1, -0.05) is 11.6 Å². The van der Waals surface area contributed by atoms with Gasteiger partial charge in [0.05, 0.1) is 28.3 Å². The molecule has 0 aromatic heterocycles. The Balaban J connectivity index is 2.10. The van der Waals surface area contributed by atoms with Crippen LogP contribution in [0.3, 0.4) is 0 Å². The maximum Gasteiger partial charge on any atom is 0.240 e. The Morgan fingerprint density at radius 1 is 1.52 bits per heavy atom. The number of anilines is 1. The van der Waals surface area contributed by atoms with E-state index in [0.29, 0.717) is 23.7 Å². The zero-order valence-corrected chi connectivity index (χ0v) is 13.7. The van der Waals surface area contributed by atoms with Crippen molar-refractivity contribution in [2.24, 2.45) is 0 Å². The van der Waals surface area contributed by atoms with Gasteiger partial charge in [-0.05, 0) is 31.7 Å². The van der Waals surface area contributed by atoms with E-state index in [9.17, 15) is 8.42 Å². The van der Waals surface area contributed by atoms with Gasteiger partial charge in [-0.2, -0.15) is 0 Å². The third kappa shape index (κ3) is 4.08. The average Bonchev–Trinajstić information content (AvgIpc) is 2.41. The van der Waals surface area contributed by atoms with Crippen LogP contribution in [-0.4, -0.2) is 52.7 Å². The van der Waals surface area contributed by atoms with Crippen LogP contribution in [0.25, 0.3) is 0 Å². The largest absolute Gasteiger partial charge is 0.397 e. The Kier molecular flexibility index (Phi) is 5.11. The van der Waals surface area contributed by atoms with Crippen LogP contribution in [0.15, 0.2) is 17.0 Å². The second-order valence-electron chi connectivity index (χ2n) is 5.25. The molecule has 1 aliphatic rings. The minimum absolute atomic E-state index is 0.147. The van der Waals surface area contributed by atoms with Crippen molar-refractivity contribution in [2.75, 3.05) is 39.0 Å². The highest BCUT2D eigenvalue weighted by Gasteiger charge is 2.23. The fourth-order valence-corrected chi connectivity index (χ4v) is 3.77. The van der Waals surface area contributed by atoms with Crippen LogP contribution in [-0.2, 0) is 14.8 Å². The van der Waals surface area contributed by atoms with Crippen LogP contribution >= 0.6 is 11.6 Å². The lowest BCUT2D eigenvalue weighted by Crippen LogP contribution is -2.45. The second kappa shape index (κ2) is 6.50. The molecule has 1 aromatic rings. The molecule has 0 spiro atoms. The van der Waals surface area contributed by atoms with Gasteiger partial charge in [0.1, 0.15) is 0 Å². The van der Waals surface area contributed by atoms with E-state index < -0.39 is 10.0 Å². The summed E-state index contributed by atoms with van der Waals surface area (Å²) in [5.74, 6) is 0. The molecule has 1 fully saturated rings. The number of benzene rings is 1. The van der Waals surface area contributed by atoms with Gasteiger partial charge in [0.25, 0.3) is 0 Å². The minimum atomic E-state index is -3.63. The molecule has 1 heterocycles. The first kappa shape index (κ1) is 16.5. The highest BCUT2D eigenvalue weighted by Crippen LogP contribution is 2.26. The number of hydrogen-bond donors (Lipinski definition) is 2. The van der Waals surface area contributed by atoms with Crippen LogP contribution in [0.5, 0.6) is 0 Å². The molecule has 0 saturated carbocycles. The number of rotatable bonds is 4. The highest BCUT2D eigenvalue weighted by atomic mass is 35.5. The predicted molar refractivity (Wildman–Crippen MR) is 83.0 cm³/mol. The Labute approximate surface area is 130 Å².